The first-order chi connectivity index (χ1) is 16.0. The maximum absolute atomic E-state index is 12.4. The molecule has 2 aromatic heterocycles. The van der Waals surface area contributed by atoms with Crippen molar-refractivity contribution in [3.05, 3.63) is 60.0 Å². The Labute approximate surface area is 191 Å². The van der Waals surface area contributed by atoms with Crippen LogP contribution in [0.4, 0.5) is 0 Å². The van der Waals surface area contributed by atoms with Gasteiger partial charge in [-0.2, -0.15) is 0 Å². The summed E-state index contributed by atoms with van der Waals surface area (Å²) in [6, 6.07) is 8.61. The Morgan fingerprint density at radius 2 is 1.94 bits per heavy atom. The lowest BCUT2D eigenvalue weighted by Gasteiger charge is -2.37. The molecule has 1 unspecified atom stereocenters. The summed E-state index contributed by atoms with van der Waals surface area (Å²) in [5.41, 5.74) is 2.59. The number of aryl methyl sites for hydroxylation is 1. The lowest BCUT2D eigenvalue weighted by atomic mass is 10.0. The molecule has 9 nitrogen and oxygen atoms in total. The zero-order valence-corrected chi connectivity index (χ0v) is 18.6. The van der Waals surface area contributed by atoms with Crippen LogP contribution in [0.5, 0.6) is 5.75 Å². The van der Waals surface area contributed by atoms with E-state index in [1.54, 1.807) is 25.6 Å². The number of carboxylic acid groups (broad SMARTS) is 2. The van der Waals surface area contributed by atoms with Crippen LogP contribution in [0, 0.1) is 0 Å². The number of hydrogen-bond acceptors (Lipinski definition) is 6. The van der Waals surface area contributed by atoms with Crippen LogP contribution >= 0.6 is 0 Å². The molecule has 0 spiro atoms. The van der Waals surface area contributed by atoms with Gasteiger partial charge in [-0.25, -0.2) is 0 Å². The zero-order chi connectivity index (χ0) is 23.4. The Hall–Kier alpha value is -3.43. The smallest absolute Gasteiger partial charge is 0.325 e. The number of carboxylic acids is 2. The van der Waals surface area contributed by atoms with E-state index in [1.165, 1.54) is 0 Å². The van der Waals surface area contributed by atoms with E-state index < -0.39 is 18.0 Å². The number of aliphatic carboxylic acids is 2. The average Bonchev–Trinajstić information content (AvgIpc) is 3.16. The maximum Gasteiger partial charge on any atom is 0.325 e. The molecule has 174 valence electrons. The number of benzene rings is 1. The fourth-order valence-corrected chi connectivity index (χ4v) is 4.47. The van der Waals surface area contributed by atoms with E-state index in [2.05, 4.69) is 9.88 Å². The predicted octanol–water partition coefficient (Wildman–Crippen LogP) is 2.46. The van der Waals surface area contributed by atoms with Gasteiger partial charge in [-0.3, -0.25) is 24.4 Å². The van der Waals surface area contributed by atoms with E-state index in [1.807, 2.05) is 39.9 Å². The van der Waals surface area contributed by atoms with E-state index >= 15 is 0 Å². The summed E-state index contributed by atoms with van der Waals surface area (Å²) >= 11 is 0. The molecule has 0 radical (unpaired) electrons. The molecule has 1 aliphatic heterocycles. The van der Waals surface area contributed by atoms with Gasteiger partial charge in [-0.1, -0.05) is 6.07 Å². The largest absolute Gasteiger partial charge is 0.497 e. The zero-order valence-electron chi connectivity index (χ0n) is 18.6. The highest BCUT2D eigenvalue weighted by Crippen LogP contribution is 2.34. The first-order valence-corrected chi connectivity index (χ1v) is 10.9. The SMILES string of the molecule is COc1ccc2c(c1)c(C(C(=O)O)N1CCN(Cc3cccnc3)CC1)cn2CCC(=O)O. The van der Waals surface area contributed by atoms with Gasteiger partial charge in [0, 0.05) is 74.3 Å². The first kappa shape index (κ1) is 22.8. The minimum Gasteiger partial charge on any atom is -0.497 e. The van der Waals surface area contributed by atoms with Gasteiger partial charge in [-0.05, 0) is 29.8 Å². The summed E-state index contributed by atoms with van der Waals surface area (Å²) in [6.45, 7) is 3.78. The Kier molecular flexibility index (Phi) is 6.90. The van der Waals surface area contributed by atoms with Crippen LogP contribution in [0.2, 0.25) is 0 Å². The standard InChI is InChI=1S/C24H28N4O5/c1-33-18-4-5-21-19(13-18)20(16-28(21)8-6-22(29)30)23(24(31)32)27-11-9-26(10-12-27)15-17-3-2-7-25-14-17/h2-5,7,13-14,16,23H,6,8-12,15H2,1H3,(H,29,30)(H,31,32). The monoisotopic (exact) mass is 452 g/mol. The van der Waals surface area contributed by atoms with Crippen molar-refractivity contribution in [2.24, 2.45) is 0 Å². The molecule has 9 heteroatoms. The highest BCUT2D eigenvalue weighted by atomic mass is 16.5. The van der Waals surface area contributed by atoms with Crippen molar-refractivity contribution >= 4 is 22.8 Å². The van der Waals surface area contributed by atoms with E-state index in [0.717, 1.165) is 36.1 Å². The molecule has 0 bridgehead atoms. The molecule has 3 aromatic rings. The quantitative estimate of drug-likeness (QED) is 0.510. The summed E-state index contributed by atoms with van der Waals surface area (Å²) in [4.78, 5) is 32.0. The van der Waals surface area contributed by atoms with Gasteiger partial charge in [0.1, 0.15) is 11.8 Å². The highest BCUT2D eigenvalue weighted by molar-refractivity contribution is 5.90. The summed E-state index contributed by atoms with van der Waals surface area (Å²) in [5, 5.41) is 20.1. The molecule has 1 aromatic carbocycles. The molecule has 2 N–H and O–H groups in total. The normalized spacial score (nSPS) is 16.0. The van der Waals surface area contributed by atoms with Gasteiger partial charge < -0.3 is 19.5 Å². The van der Waals surface area contributed by atoms with Crippen molar-refractivity contribution < 1.29 is 24.5 Å². The second kappa shape index (κ2) is 10.0. The highest BCUT2D eigenvalue weighted by Gasteiger charge is 2.33. The van der Waals surface area contributed by atoms with E-state index in [9.17, 15) is 14.7 Å². The number of methoxy groups -OCH3 is 1. The van der Waals surface area contributed by atoms with Crippen molar-refractivity contribution in [3.8, 4) is 5.75 Å². The number of hydrogen-bond donors (Lipinski definition) is 2. The molecule has 33 heavy (non-hydrogen) atoms. The van der Waals surface area contributed by atoms with Gasteiger partial charge in [0.25, 0.3) is 0 Å². The van der Waals surface area contributed by atoms with Crippen LogP contribution in [-0.4, -0.2) is 74.8 Å². The van der Waals surface area contributed by atoms with Gasteiger partial charge in [-0.15, -0.1) is 0 Å². The van der Waals surface area contributed by atoms with Crippen molar-refractivity contribution in [1.29, 1.82) is 0 Å². The number of nitrogens with zero attached hydrogens (tertiary/aromatic N) is 4. The number of rotatable bonds is 9. The molecule has 3 heterocycles. The first-order valence-electron chi connectivity index (χ1n) is 10.9. The third kappa shape index (κ3) is 5.15. The summed E-state index contributed by atoms with van der Waals surface area (Å²) in [6.07, 6.45) is 5.35. The lowest BCUT2D eigenvalue weighted by molar-refractivity contribution is -0.144. The number of carbonyl (C=O) groups is 2. The third-order valence-corrected chi connectivity index (χ3v) is 6.12. The van der Waals surface area contributed by atoms with E-state index in [4.69, 9.17) is 9.84 Å². The number of pyridine rings is 1. The number of fused-ring (bicyclic) bond motifs is 1. The van der Waals surface area contributed by atoms with Gasteiger partial charge in [0.15, 0.2) is 0 Å². The van der Waals surface area contributed by atoms with Gasteiger partial charge in [0.2, 0.25) is 0 Å². The molecule has 1 saturated heterocycles. The molecular weight excluding hydrogens is 424 g/mol. The Bertz CT molecular complexity index is 1120. The number of piperazine rings is 1. The molecule has 1 atom stereocenters. The summed E-state index contributed by atoms with van der Waals surface area (Å²) < 4.78 is 7.19. The van der Waals surface area contributed by atoms with Crippen LogP contribution in [0.3, 0.4) is 0 Å². The van der Waals surface area contributed by atoms with Crippen LogP contribution in [0.25, 0.3) is 10.9 Å². The summed E-state index contributed by atoms with van der Waals surface area (Å²) in [5.74, 6) is -1.19. The van der Waals surface area contributed by atoms with Gasteiger partial charge >= 0.3 is 11.9 Å². The second-order valence-electron chi connectivity index (χ2n) is 8.22. The Morgan fingerprint density at radius 3 is 2.58 bits per heavy atom. The number of aromatic nitrogens is 2. The molecule has 0 saturated carbocycles. The Morgan fingerprint density at radius 1 is 1.15 bits per heavy atom. The molecule has 0 aliphatic carbocycles. The minimum atomic E-state index is -0.921. The van der Waals surface area contributed by atoms with Crippen LogP contribution in [0.1, 0.15) is 23.6 Å². The van der Waals surface area contributed by atoms with Crippen LogP contribution in [0.15, 0.2) is 48.9 Å². The predicted molar refractivity (Wildman–Crippen MR) is 122 cm³/mol. The van der Waals surface area contributed by atoms with Gasteiger partial charge in [0.05, 0.1) is 13.5 Å². The molecule has 1 fully saturated rings. The van der Waals surface area contributed by atoms with Crippen LogP contribution < -0.4 is 4.74 Å². The average molecular weight is 453 g/mol. The van der Waals surface area contributed by atoms with Crippen LogP contribution in [-0.2, 0) is 22.7 Å². The fraction of sp³-hybridized carbons (Fsp3) is 0.375. The lowest BCUT2D eigenvalue weighted by Crippen LogP contribution is -2.48. The molecule has 1 aliphatic rings. The number of ether oxygens (including phenoxy) is 1. The molecule has 4 rings (SSSR count). The van der Waals surface area contributed by atoms with Crippen molar-refractivity contribution in [2.75, 3.05) is 33.3 Å². The third-order valence-electron chi connectivity index (χ3n) is 6.12. The van der Waals surface area contributed by atoms with E-state index in [0.29, 0.717) is 24.4 Å². The van der Waals surface area contributed by atoms with Crippen molar-refractivity contribution in [2.45, 2.75) is 25.6 Å². The maximum atomic E-state index is 12.4. The van der Waals surface area contributed by atoms with E-state index in [-0.39, 0.29) is 13.0 Å². The minimum absolute atomic E-state index is 0.0417. The van der Waals surface area contributed by atoms with Crippen molar-refractivity contribution in [1.82, 2.24) is 19.4 Å². The van der Waals surface area contributed by atoms with Crippen molar-refractivity contribution in [3.63, 3.8) is 0 Å². The Balaban J connectivity index is 1.59. The molecular formula is C24H28N4O5. The summed E-state index contributed by atoms with van der Waals surface area (Å²) in [7, 11) is 1.57. The molecule has 0 amide bonds. The second-order valence-corrected chi connectivity index (χ2v) is 8.22. The topological polar surface area (TPSA) is 108 Å². The fourth-order valence-electron chi connectivity index (χ4n) is 4.47.